The predicted molar refractivity (Wildman–Crippen MR) is 135 cm³/mol. The molecule has 3 N–H and O–H groups in total. The van der Waals surface area contributed by atoms with Crippen molar-refractivity contribution in [3.8, 4) is 5.75 Å². The molecule has 0 aliphatic heterocycles. The quantitative estimate of drug-likeness (QED) is 0.351. The first kappa shape index (κ1) is 27.2. The van der Waals surface area contributed by atoms with Gasteiger partial charge >= 0.3 is 5.97 Å². The fraction of sp³-hybridized carbons (Fsp3) is 0.346. The smallest absolute Gasteiger partial charge is 0.341 e. The van der Waals surface area contributed by atoms with E-state index in [0.29, 0.717) is 16.8 Å². The molecule has 8 nitrogen and oxygen atoms in total. The van der Waals surface area contributed by atoms with Crippen molar-refractivity contribution in [1.29, 1.82) is 0 Å². The molecule has 0 aliphatic carbocycles. The van der Waals surface area contributed by atoms with Crippen LogP contribution in [0.3, 0.4) is 0 Å². The molecule has 0 bridgehead atoms. The highest BCUT2D eigenvalue weighted by Crippen LogP contribution is 2.31. The maximum Gasteiger partial charge on any atom is 0.341 e. The van der Waals surface area contributed by atoms with E-state index in [1.807, 2.05) is 13.8 Å². The first-order valence-corrected chi connectivity index (χ1v) is 11.8. The Morgan fingerprint density at radius 2 is 1.94 bits per heavy atom. The zero-order valence-corrected chi connectivity index (χ0v) is 20.9. The van der Waals surface area contributed by atoms with Crippen molar-refractivity contribution in [3.05, 3.63) is 74.3 Å². The number of amides is 1. The molecule has 1 atom stereocenters. The third-order valence-corrected chi connectivity index (χ3v) is 6.20. The van der Waals surface area contributed by atoms with Crippen LogP contribution >= 0.6 is 11.6 Å². The van der Waals surface area contributed by atoms with Crippen LogP contribution in [-0.4, -0.2) is 46.4 Å². The van der Waals surface area contributed by atoms with E-state index in [0.717, 1.165) is 0 Å². The molecule has 192 valence electrons. The Bertz CT molecular complexity index is 1350. The Labute approximate surface area is 212 Å². The lowest BCUT2D eigenvalue weighted by atomic mass is 9.98. The molecule has 0 saturated carbocycles. The number of aromatic nitrogens is 1. The summed E-state index contributed by atoms with van der Waals surface area (Å²) in [4.78, 5) is 36.2. The molecule has 0 aliphatic rings. The second-order valence-corrected chi connectivity index (χ2v) is 9.18. The molecule has 0 radical (unpaired) electrons. The van der Waals surface area contributed by atoms with Crippen molar-refractivity contribution in [2.45, 2.75) is 33.2 Å². The van der Waals surface area contributed by atoms with Crippen molar-refractivity contribution in [2.75, 3.05) is 19.8 Å². The highest BCUT2D eigenvalue weighted by molar-refractivity contribution is 6.30. The summed E-state index contributed by atoms with van der Waals surface area (Å²) in [7, 11) is 0. The lowest BCUT2D eigenvalue weighted by Crippen LogP contribution is -2.26. The van der Waals surface area contributed by atoms with E-state index in [1.165, 1.54) is 25.3 Å². The number of aliphatic hydroxyl groups excluding tert-OH is 1. The highest BCUT2D eigenvalue weighted by Gasteiger charge is 2.23. The van der Waals surface area contributed by atoms with Crippen LogP contribution in [0, 0.1) is 11.7 Å². The minimum absolute atomic E-state index is 0.0160. The van der Waals surface area contributed by atoms with Crippen LogP contribution in [0.1, 0.15) is 48.3 Å². The van der Waals surface area contributed by atoms with Gasteiger partial charge in [0.2, 0.25) is 11.3 Å². The number of aromatic carboxylic acids is 1. The van der Waals surface area contributed by atoms with Gasteiger partial charge in [0, 0.05) is 31.0 Å². The van der Waals surface area contributed by atoms with Gasteiger partial charge in [-0.05, 0) is 29.2 Å². The second-order valence-electron chi connectivity index (χ2n) is 8.78. The molecule has 3 aromatic rings. The van der Waals surface area contributed by atoms with Crippen LogP contribution in [0.15, 0.2) is 41.3 Å². The van der Waals surface area contributed by atoms with Gasteiger partial charge in [-0.1, -0.05) is 37.6 Å². The van der Waals surface area contributed by atoms with E-state index >= 15 is 0 Å². The lowest BCUT2D eigenvalue weighted by molar-refractivity contribution is -0.119. The fourth-order valence-corrected chi connectivity index (χ4v) is 4.21. The third-order valence-electron chi connectivity index (χ3n) is 5.90. The van der Waals surface area contributed by atoms with Crippen LogP contribution < -0.4 is 15.5 Å². The van der Waals surface area contributed by atoms with Crippen molar-refractivity contribution in [3.63, 3.8) is 0 Å². The molecule has 0 unspecified atom stereocenters. The highest BCUT2D eigenvalue weighted by atomic mass is 35.5. The summed E-state index contributed by atoms with van der Waals surface area (Å²) < 4.78 is 22.2. The van der Waals surface area contributed by atoms with Gasteiger partial charge < -0.3 is 24.8 Å². The number of aliphatic hydroxyl groups is 1. The number of ether oxygens (including phenoxy) is 1. The number of carbonyl (C=O) groups excluding carboxylic acids is 1. The Morgan fingerprint density at radius 3 is 2.56 bits per heavy atom. The van der Waals surface area contributed by atoms with E-state index < -0.39 is 28.8 Å². The van der Waals surface area contributed by atoms with Crippen molar-refractivity contribution >= 4 is 34.4 Å². The van der Waals surface area contributed by atoms with Gasteiger partial charge in [-0.2, -0.15) is 0 Å². The van der Waals surface area contributed by atoms with Gasteiger partial charge in [0.05, 0.1) is 29.7 Å². The molecule has 10 heteroatoms. The molecule has 2 aromatic carbocycles. The largest absolute Gasteiger partial charge is 0.491 e. The minimum atomic E-state index is -1.39. The molecule has 0 spiro atoms. The summed E-state index contributed by atoms with van der Waals surface area (Å²) in [6.45, 7) is 5.14. The summed E-state index contributed by atoms with van der Waals surface area (Å²) in [5.74, 6) is -2.00. The number of pyridine rings is 1. The fourth-order valence-electron chi connectivity index (χ4n) is 4.02. The molecule has 1 amide bonds. The van der Waals surface area contributed by atoms with Crippen LogP contribution in [0.4, 0.5) is 4.39 Å². The van der Waals surface area contributed by atoms with Crippen LogP contribution in [0.2, 0.25) is 5.02 Å². The van der Waals surface area contributed by atoms with E-state index in [9.17, 15) is 29.0 Å². The van der Waals surface area contributed by atoms with Gasteiger partial charge in [-0.15, -0.1) is 0 Å². The van der Waals surface area contributed by atoms with E-state index in [-0.39, 0.29) is 54.0 Å². The summed E-state index contributed by atoms with van der Waals surface area (Å²) in [6.07, 6.45) is 1.24. The second kappa shape index (κ2) is 11.5. The summed E-state index contributed by atoms with van der Waals surface area (Å²) >= 11 is 5.94. The number of hydrogen-bond acceptors (Lipinski definition) is 5. The van der Waals surface area contributed by atoms with Gasteiger partial charge in [0.15, 0.2) is 0 Å². The third kappa shape index (κ3) is 5.85. The molecule has 0 fully saturated rings. The van der Waals surface area contributed by atoms with Crippen molar-refractivity contribution in [1.82, 2.24) is 9.88 Å². The number of carboxylic acid groups (broad SMARTS) is 1. The lowest BCUT2D eigenvalue weighted by Gasteiger charge is -2.25. The normalized spacial score (nSPS) is 12.1. The zero-order valence-electron chi connectivity index (χ0n) is 20.2. The van der Waals surface area contributed by atoms with Gasteiger partial charge in [-0.25, -0.2) is 9.18 Å². The molecule has 3 rings (SSSR count). The molecule has 1 aromatic heterocycles. The molecule has 1 heterocycles. The Hall–Kier alpha value is -3.43. The topological polar surface area (TPSA) is 118 Å². The number of hydrogen-bond donors (Lipinski definition) is 3. The summed E-state index contributed by atoms with van der Waals surface area (Å²) in [5, 5.41) is 22.4. The summed E-state index contributed by atoms with van der Waals surface area (Å²) in [5.41, 5.74) is -0.0864. The number of nitrogens with one attached hydrogen (secondary N) is 1. The number of rotatable bonds is 10. The SMILES string of the molecule is CC(=O)NCCOc1cc2c(cc1Cc1cccc(Cl)c1F)c(=O)c(C(=O)O)cn2[C@H](CO)C(C)C. The average Bonchev–Trinajstić information content (AvgIpc) is 2.81. The predicted octanol–water partition coefficient (Wildman–Crippen LogP) is 3.79. The standard InChI is InChI=1S/C26H28ClFN2O6/c1-14(2)22(13-31)30-12-19(26(34)35)25(33)18-10-17(9-16-5-4-6-20(27)24(16)28)23(11-21(18)30)36-8-7-29-15(3)32/h4-6,10-12,14,22,31H,7-9,13H2,1-3H3,(H,29,32)(H,34,35)/t22-/m1/s1. The average molecular weight is 519 g/mol. The van der Waals surface area contributed by atoms with E-state index in [1.54, 1.807) is 22.8 Å². The van der Waals surface area contributed by atoms with Gasteiger partial charge in [0.25, 0.3) is 0 Å². The molecule has 0 saturated heterocycles. The number of halogens is 2. The maximum atomic E-state index is 14.7. The number of fused-ring (bicyclic) bond motifs is 1. The Balaban J connectivity index is 2.26. The van der Waals surface area contributed by atoms with E-state index in [4.69, 9.17) is 16.3 Å². The van der Waals surface area contributed by atoms with Crippen LogP contribution in [0.5, 0.6) is 5.75 Å². The van der Waals surface area contributed by atoms with Crippen molar-refractivity contribution in [2.24, 2.45) is 5.92 Å². The van der Waals surface area contributed by atoms with Crippen LogP contribution in [0.25, 0.3) is 10.9 Å². The molecule has 36 heavy (non-hydrogen) atoms. The molecular formula is C26H28ClFN2O6. The van der Waals surface area contributed by atoms with Gasteiger partial charge in [0.1, 0.15) is 23.7 Å². The van der Waals surface area contributed by atoms with Gasteiger partial charge in [-0.3, -0.25) is 9.59 Å². The van der Waals surface area contributed by atoms with Crippen LogP contribution in [-0.2, 0) is 11.2 Å². The molecular weight excluding hydrogens is 491 g/mol. The number of nitrogens with zero attached hydrogens (tertiary/aromatic N) is 1. The first-order valence-electron chi connectivity index (χ1n) is 11.4. The summed E-state index contributed by atoms with van der Waals surface area (Å²) in [6, 6.07) is 7.13. The van der Waals surface area contributed by atoms with Crippen molar-refractivity contribution < 1.29 is 28.9 Å². The maximum absolute atomic E-state index is 14.7. The Kier molecular flexibility index (Phi) is 8.70. The minimum Gasteiger partial charge on any atom is -0.491 e. The zero-order chi connectivity index (χ0) is 26.6. The first-order chi connectivity index (χ1) is 17.0. The number of carbonyl (C=O) groups is 2. The van der Waals surface area contributed by atoms with E-state index in [2.05, 4.69) is 5.32 Å². The monoisotopic (exact) mass is 518 g/mol. The number of carboxylic acids is 1. The number of benzene rings is 2. The Morgan fingerprint density at radius 1 is 1.22 bits per heavy atom.